The molecule has 1 aromatic carbocycles. The van der Waals surface area contributed by atoms with Gasteiger partial charge in [-0.25, -0.2) is 9.97 Å². The molecule has 1 aliphatic rings. The van der Waals surface area contributed by atoms with Gasteiger partial charge in [-0.15, -0.1) is 0 Å². The molecule has 2 aromatic heterocycles. The molecule has 0 spiro atoms. The van der Waals surface area contributed by atoms with Gasteiger partial charge in [-0.1, -0.05) is 6.92 Å². The molecule has 3 N–H and O–H groups in total. The highest BCUT2D eigenvalue weighted by atomic mass is 16.3. The van der Waals surface area contributed by atoms with Crippen LogP contribution in [0.3, 0.4) is 0 Å². The molecule has 0 radical (unpaired) electrons. The molecule has 0 bridgehead atoms. The number of aromatic nitrogens is 3. The van der Waals surface area contributed by atoms with E-state index in [9.17, 15) is 10.4 Å². The topological polar surface area (TPSA) is 131 Å². The Bertz CT molecular complexity index is 1230. The summed E-state index contributed by atoms with van der Waals surface area (Å²) in [4.78, 5) is 13.1. The maximum absolute atomic E-state index is 9.89. The number of rotatable bonds is 4. The van der Waals surface area contributed by atoms with E-state index in [0.717, 1.165) is 22.5 Å². The van der Waals surface area contributed by atoms with Crippen LogP contribution in [0.2, 0.25) is 0 Å². The first kappa shape index (κ1) is 19.3. The average molecular weight is 397 g/mol. The number of nitriles is 2. The Labute approximate surface area is 173 Å². The van der Waals surface area contributed by atoms with E-state index < -0.39 is 5.41 Å². The highest BCUT2D eigenvalue weighted by Gasteiger charge is 2.35. The lowest BCUT2D eigenvalue weighted by Crippen LogP contribution is -2.28. The summed E-state index contributed by atoms with van der Waals surface area (Å²) >= 11 is 0. The van der Waals surface area contributed by atoms with Crippen LogP contribution in [-0.4, -0.2) is 33.2 Å². The molecule has 0 saturated heterocycles. The van der Waals surface area contributed by atoms with E-state index >= 15 is 0 Å². The van der Waals surface area contributed by atoms with Crippen molar-refractivity contribution in [3.05, 3.63) is 59.0 Å². The van der Waals surface area contributed by atoms with Gasteiger partial charge in [-0.2, -0.15) is 10.5 Å². The summed E-state index contributed by atoms with van der Waals surface area (Å²) in [5, 5.41) is 35.0. The number of nitrogens with one attached hydrogen (secondary N) is 2. The molecule has 0 fully saturated rings. The van der Waals surface area contributed by atoms with Crippen LogP contribution in [0.5, 0.6) is 0 Å². The molecule has 30 heavy (non-hydrogen) atoms. The van der Waals surface area contributed by atoms with Gasteiger partial charge >= 0.3 is 0 Å². The lowest BCUT2D eigenvalue weighted by molar-refractivity contribution is 0.219. The highest BCUT2D eigenvalue weighted by Crippen LogP contribution is 2.41. The van der Waals surface area contributed by atoms with Crippen molar-refractivity contribution in [1.82, 2.24) is 15.0 Å². The van der Waals surface area contributed by atoms with Gasteiger partial charge in [0.15, 0.2) is 0 Å². The van der Waals surface area contributed by atoms with Crippen LogP contribution in [0.15, 0.2) is 36.7 Å². The maximum Gasteiger partial charge on any atom is 0.227 e. The molecule has 0 unspecified atom stereocenters. The molecule has 1 atom stereocenters. The Kier molecular flexibility index (Phi) is 4.78. The number of aryl methyl sites for hydroxylation is 1. The summed E-state index contributed by atoms with van der Waals surface area (Å²) in [5.74, 6) is 0.356. The number of fused-ring (bicyclic) bond motifs is 1. The summed E-state index contributed by atoms with van der Waals surface area (Å²) in [7, 11) is 0. The van der Waals surface area contributed by atoms with Gasteiger partial charge in [-0.05, 0) is 36.8 Å². The predicted molar refractivity (Wildman–Crippen MR) is 112 cm³/mol. The van der Waals surface area contributed by atoms with E-state index in [2.05, 4.69) is 37.7 Å². The van der Waals surface area contributed by atoms with Crippen molar-refractivity contribution in [3.8, 4) is 23.4 Å². The fourth-order valence-corrected chi connectivity index (χ4v) is 3.49. The maximum atomic E-state index is 9.89. The number of aliphatic hydroxyl groups is 1. The smallest absolute Gasteiger partial charge is 0.227 e. The molecule has 0 aliphatic carbocycles. The average Bonchev–Trinajstić information content (AvgIpc) is 3.12. The van der Waals surface area contributed by atoms with Gasteiger partial charge in [0.25, 0.3) is 0 Å². The van der Waals surface area contributed by atoms with Crippen LogP contribution < -0.4 is 10.6 Å². The molecule has 8 heteroatoms. The van der Waals surface area contributed by atoms with Crippen molar-refractivity contribution in [2.45, 2.75) is 19.3 Å². The molecule has 148 valence electrons. The summed E-state index contributed by atoms with van der Waals surface area (Å²) < 4.78 is 0. The number of hydrogen-bond donors (Lipinski definition) is 3. The molecule has 0 saturated carbocycles. The lowest BCUT2D eigenvalue weighted by atomic mass is 9.83. The van der Waals surface area contributed by atoms with Gasteiger partial charge in [0.05, 0.1) is 40.5 Å². The number of aliphatic hydroxyl groups excluding tert-OH is 1. The first-order chi connectivity index (χ1) is 14.5. The number of benzene rings is 1. The monoisotopic (exact) mass is 397 g/mol. The zero-order valence-electron chi connectivity index (χ0n) is 16.6. The summed E-state index contributed by atoms with van der Waals surface area (Å²) in [5.41, 5.74) is 4.91. The van der Waals surface area contributed by atoms with Crippen molar-refractivity contribution < 1.29 is 5.11 Å². The van der Waals surface area contributed by atoms with Gasteiger partial charge in [0.1, 0.15) is 12.1 Å². The Balaban J connectivity index is 1.75. The number of hydrogen-bond acceptors (Lipinski definition) is 8. The van der Waals surface area contributed by atoms with Crippen molar-refractivity contribution in [1.29, 1.82) is 10.5 Å². The third-order valence-corrected chi connectivity index (χ3v) is 5.33. The van der Waals surface area contributed by atoms with Crippen LogP contribution in [0.4, 0.5) is 17.3 Å². The number of nitrogens with zero attached hydrogens (tertiary/aromatic N) is 5. The van der Waals surface area contributed by atoms with Gasteiger partial charge in [-0.3, -0.25) is 4.98 Å². The second-order valence-electron chi connectivity index (χ2n) is 7.49. The molecule has 1 aliphatic heterocycles. The molecule has 0 amide bonds. The molecule has 3 aromatic rings. The summed E-state index contributed by atoms with van der Waals surface area (Å²) in [6, 6.07) is 11.5. The predicted octanol–water partition coefficient (Wildman–Crippen LogP) is 3.01. The Morgan fingerprint density at radius 3 is 2.80 bits per heavy atom. The molecular formula is C22H19N7O. The van der Waals surface area contributed by atoms with Crippen LogP contribution >= 0.6 is 0 Å². The van der Waals surface area contributed by atoms with Crippen LogP contribution in [-0.2, 0) is 5.41 Å². The van der Waals surface area contributed by atoms with Crippen LogP contribution in [0, 0.1) is 29.6 Å². The van der Waals surface area contributed by atoms with Gasteiger partial charge in [0, 0.05) is 29.9 Å². The number of pyridine rings is 1. The Morgan fingerprint density at radius 2 is 2.07 bits per heavy atom. The molecular weight excluding hydrogens is 378 g/mol. The second kappa shape index (κ2) is 7.43. The normalized spacial score (nSPS) is 16.8. The van der Waals surface area contributed by atoms with E-state index in [1.165, 1.54) is 6.20 Å². The van der Waals surface area contributed by atoms with Crippen molar-refractivity contribution >= 4 is 17.3 Å². The first-order valence-corrected chi connectivity index (χ1v) is 9.38. The van der Waals surface area contributed by atoms with Crippen LogP contribution in [0.1, 0.15) is 29.3 Å². The van der Waals surface area contributed by atoms with Crippen molar-refractivity contribution in [2.24, 2.45) is 0 Å². The third kappa shape index (κ3) is 3.30. The summed E-state index contributed by atoms with van der Waals surface area (Å²) in [6.07, 6.45) is 3.14. The molecule has 4 rings (SSSR count). The standard InChI is InChI=1S/C22H19N7O/c1-13-19(5-14(8-23)10-26-13)29-21-25-4-3-18(28-21)15-6-16(9-24)20-17(7-15)22(2,12-30)11-27-20/h3-7,10,27,30H,11-12H2,1-2H3,(H,25,28,29)/t22-/m1/s1. The fraction of sp³-hybridized carbons (Fsp3) is 0.227. The minimum Gasteiger partial charge on any atom is -0.395 e. The van der Waals surface area contributed by atoms with E-state index in [4.69, 9.17) is 5.26 Å². The van der Waals surface area contributed by atoms with Gasteiger partial charge < -0.3 is 15.7 Å². The fourth-order valence-electron chi connectivity index (χ4n) is 3.49. The first-order valence-electron chi connectivity index (χ1n) is 9.38. The Hall–Kier alpha value is -4.01. The van der Waals surface area contributed by atoms with Gasteiger partial charge in [0.2, 0.25) is 5.95 Å². The lowest BCUT2D eigenvalue weighted by Gasteiger charge is -2.21. The van der Waals surface area contributed by atoms with Crippen molar-refractivity contribution in [2.75, 3.05) is 23.8 Å². The Morgan fingerprint density at radius 1 is 1.23 bits per heavy atom. The van der Waals surface area contributed by atoms with Crippen LogP contribution in [0.25, 0.3) is 11.3 Å². The second-order valence-corrected chi connectivity index (χ2v) is 7.49. The highest BCUT2D eigenvalue weighted by molar-refractivity contribution is 5.76. The largest absolute Gasteiger partial charge is 0.395 e. The molecule has 8 nitrogen and oxygen atoms in total. The SMILES string of the molecule is Cc1ncc(C#N)cc1Nc1nccc(-c2cc(C#N)c3c(c2)[C@@](C)(CO)CN3)n1. The van der Waals surface area contributed by atoms with E-state index in [1.807, 2.05) is 19.9 Å². The van der Waals surface area contributed by atoms with Crippen molar-refractivity contribution in [3.63, 3.8) is 0 Å². The zero-order chi connectivity index (χ0) is 21.3. The summed E-state index contributed by atoms with van der Waals surface area (Å²) in [6.45, 7) is 4.33. The third-order valence-electron chi connectivity index (χ3n) is 5.33. The molecule has 3 heterocycles. The van der Waals surface area contributed by atoms with E-state index in [-0.39, 0.29) is 6.61 Å². The zero-order valence-corrected chi connectivity index (χ0v) is 16.6. The quantitative estimate of drug-likeness (QED) is 0.612. The minimum absolute atomic E-state index is 0.0284. The minimum atomic E-state index is -0.467. The van der Waals surface area contributed by atoms with E-state index in [0.29, 0.717) is 35.0 Å². The van der Waals surface area contributed by atoms with E-state index in [1.54, 1.807) is 24.4 Å². The number of anilines is 3.